The lowest BCUT2D eigenvalue weighted by atomic mass is 9.95. The second-order valence-electron chi connectivity index (χ2n) is 5.97. The van der Waals surface area contributed by atoms with E-state index in [4.69, 9.17) is 5.84 Å². The Labute approximate surface area is 127 Å². The summed E-state index contributed by atoms with van der Waals surface area (Å²) in [5.41, 5.74) is 10.5. The second-order valence-corrected chi connectivity index (χ2v) is 5.97. The van der Waals surface area contributed by atoms with E-state index in [1.165, 1.54) is 27.9 Å². The van der Waals surface area contributed by atoms with Crippen molar-refractivity contribution in [2.24, 2.45) is 12.9 Å². The average molecular weight is 286 g/mol. The van der Waals surface area contributed by atoms with Crippen LogP contribution in [0.2, 0.25) is 0 Å². The quantitative estimate of drug-likeness (QED) is 0.655. The molecule has 1 heterocycles. The minimum absolute atomic E-state index is 0.215. The van der Waals surface area contributed by atoms with Crippen LogP contribution in [-0.2, 0) is 19.9 Å². The first-order valence-electron chi connectivity index (χ1n) is 7.43. The van der Waals surface area contributed by atoms with E-state index in [0.29, 0.717) is 0 Å². The molecule has 114 valence electrons. The molecule has 0 aliphatic carbocycles. The zero-order valence-electron chi connectivity index (χ0n) is 13.7. The summed E-state index contributed by atoms with van der Waals surface area (Å²) < 4.78 is 1.94. The predicted molar refractivity (Wildman–Crippen MR) is 87.1 cm³/mol. The minimum Gasteiger partial charge on any atom is -0.272 e. The molecule has 2 aromatic rings. The number of aromatic nitrogens is 2. The summed E-state index contributed by atoms with van der Waals surface area (Å²) in [7, 11) is 1.99. The third-order valence-corrected chi connectivity index (χ3v) is 4.32. The van der Waals surface area contributed by atoms with Crippen LogP contribution in [0.1, 0.15) is 33.6 Å². The van der Waals surface area contributed by atoms with E-state index in [0.717, 1.165) is 18.5 Å². The summed E-state index contributed by atoms with van der Waals surface area (Å²) in [6.45, 7) is 8.46. The molecule has 0 amide bonds. The highest BCUT2D eigenvalue weighted by molar-refractivity contribution is 5.32. The predicted octanol–water partition coefficient (Wildman–Crippen LogP) is 2.27. The molecule has 0 aliphatic rings. The minimum atomic E-state index is 0.215. The summed E-state index contributed by atoms with van der Waals surface area (Å²) in [6, 6.07) is 6.80. The highest BCUT2D eigenvalue weighted by atomic mass is 15.3. The van der Waals surface area contributed by atoms with E-state index in [1.807, 2.05) is 11.7 Å². The third-order valence-electron chi connectivity index (χ3n) is 4.32. The summed E-state index contributed by atoms with van der Waals surface area (Å²) in [5, 5.41) is 4.48. The van der Waals surface area contributed by atoms with Crippen LogP contribution >= 0.6 is 0 Å². The van der Waals surface area contributed by atoms with Crippen LogP contribution in [0.15, 0.2) is 18.2 Å². The molecule has 0 bridgehead atoms. The number of benzene rings is 1. The van der Waals surface area contributed by atoms with Crippen LogP contribution < -0.4 is 11.3 Å². The van der Waals surface area contributed by atoms with Crippen molar-refractivity contribution in [3.8, 4) is 0 Å². The van der Waals surface area contributed by atoms with Gasteiger partial charge in [-0.15, -0.1) is 0 Å². The van der Waals surface area contributed by atoms with E-state index in [1.54, 1.807) is 0 Å². The van der Waals surface area contributed by atoms with Crippen LogP contribution in [0, 0.1) is 27.7 Å². The number of aryl methyl sites for hydroxylation is 4. The van der Waals surface area contributed by atoms with Crippen LogP contribution in [0.5, 0.6) is 0 Å². The van der Waals surface area contributed by atoms with Gasteiger partial charge in [0.05, 0.1) is 5.69 Å². The van der Waals surface area contributed by atoms with Gasteiger partial charge in [0.25, 0.3) is 0 Å². The van der Waals surface area contributed by atoms with E-state index in [-0.39, 0.29) is 6.04 Å². The molecule has 0 radical (unpaired) electrons. The lowest BCUT2D eigenvalue weighted by molar-refractivity contribution is 0.519. The maximum atomic E-state index is 5.79. The van der Waals surface area contributed by atoms with Crippen molar-refractivity contribution in [3.05, 3.63) is 51.8 Å². The van der Waals surface area contributed by atoms with E-state index in [2.05, 4.69) is 56.4 Å². The number of rotatable bonds is 5. The second kappa shape index (κ2) is 6.41. The van der Waals surface area contributed by atoms with E-state index >= 15 is 0 Å². The molecule has 4 nitrogen and oxygen atoms in total. The van der Waals surface area contributed by atoms with Gasteiger partial charge in [-0.05, 0) is 57.2 Å². The van der Waals surface area contributed by atoms with Gasteiger partial charge in [-0.25, -0.2) is 0 Å². The monoisotopic (exact) mass is 286 g/mol. The van der Waals surface area contributed by atoms with Gasteiger partial charge in [0.2, 0.25) is 0 Å². The fraction of sp³-hybridized carbons (Fsp3) is 0.471. The molecule has 1 unspecified atom stereocenters. The smallest absolute Gasteiger partial charge is 0.0628 e. The first-order chi connectivity index (χ1) is 9.92. The maximum absolute atomic E-state index is 5.79. The standard InChI is InChI=1S/C17H26N4/c1-11-6-7-12(2)15(8-11)9-16(19-18)10-17-13(3)20-21(5)14(17)4/h6-8,16,19H,9-10,18H2,1-5H3. The molecule has 1 aromatic carbocycles. The average Bonchev–Trinajstić information content (AvgIpc) is 2.68. The summed E-state index contributed by atoms with van der Waals surface area (Å²) in [5.74, 6) is 5.79. The lowest BCUT2D eigenvalue weighted by Gasteiger charge is -2.18. The van der Waals surface area contributed by atoms with Crippen molar-refractivity contribution in [2.45, 2.75) is 46.6 Å². The molecule has 1 atom stereocenters. The van der Waals surface area contributed by atoms with Gasteiger partial charge in [-0.2, -0.15) is 5.10 Å². The van der Waals surface area contributed by atoms with Crippen LogP contribution in [0.3, 0.4) is 0 Å². The molecule has 0 fully saturated rings. The van der Waals surface area contributed by atoms with Crippen molar-refractivity contribution in [1.29, 1.82) is 0 Å². The maximum Gasteiger partial charge on any atom is 0.0628 e. The lowest BCUT2D eigenvalue weighted by Crippen LogP contribution is -2.38. The molecule has 0 spiro atoms. The fourth-order valence-corrected chi connectivity index (χ4v) is 2.83. The van der Waals surface area contributed by atoms with Crippen LogP contribution in [0.4, 0.5) is 0 Å². The van der Waals surface area contributed by atoms with E-state index in [9.17, 15) is 0 Å². The van der Waals surface area contributed by atoms with Gasteiger partial charge in [-0.1, -0.05) is 23.8 Å². The summed E-state index contributed by atoms with van der Waals surface area (Å²) in [4.78, 5) is 0. The number of nitrogens with two attached hydrogens (primary N) is 1. The van der Waals surface area contributed by atoms with Crippen molar-refractivity contribution in [2.75, 3.05) is 0 Å². The van der Waals surface area contributed by atoms with Crippen molar-refractivity contribution >= 4 is 0 Å². The third kappa shape index (κ3) is 3.52. The van der Waals surface area contributed by atoms with Crippen molar-refractivity contribution < 1.29 is 0 Å². The number of hydrazine groups is 1. The van der Waals surface area contributed by atoms with Gasteiger partial charge >= 0.3 is 0 Å². The zero-order chi connectivity index (χ0) is 15.6. The normalized spacial score (nSPS) is 12.7. The van der Waals surface area contributed by atoms with Gasteiger partial charge in [0.15, 0.2) is 0 Å². The molecule has 1 aromatic heterocycles. The molecule has 3 N–H and O–H groups in total. The SMILES string of the molecule is Cc1ccc(C)c(CC(Cc2c(C)nn(C)c2C)NN)c1. The molecular weight excluding hydrogens is 260 g/mol. The number of nitrogens with one attached hydrogen (secondary N) is 1. The molecule has 2 rings (SSSR count). The summed E-state index contributed by atoms with van der Waals surface area (Å²) >= 11 is 0. The Balaban J connectivity index is 2.19. The number of hydrogen-bond donors (Lipinski definition) is 2. The zero-order valence-corrected chi connectivity index (χ0v) is 13.7. The Hall–Kier alpha value is -1.65. The first-order valence-corrected chi connectivity index (χ1v) is 7.43. The van der Waals surface area contributed by atoms with E-state index < -0.39 is 0 Å². The van der Waals surface area contributed by atoms with Crippen LogP contribution in [0.25, 0.3) is 0 Å². The molecule has 21 heavy (non-hydrogen) atoms. The first kappa shape index (κ1) is 15.7. The molecular formula is C17H26N4. The Morgan fingerprint density at radius 1 is 1.19 bits per heavy atom. The van der Waals surface area contributed by atoms with Crippen molar-refractivity contribution in [3.63, 3.8) is 0 Å². The van der Waals surface area contributed by atoms with Gasteiger partial charge in [0, 0.05) is 18.8 Å². The number of nitrogens with zero attached hydrogens (tertiary/aromatic N) is 2. The topological polar surface area (TPSA) is 55.9 Å². The highest BCUT2D eigenvalue weighted by Gasteiger charge is 2.16. The van der Waals surface area contributed by atoms with Gasteiger partial charge in [-0.3, -0.25) is 16.0 Å². The van der Waals surface area contributed by atoms with Gasteiger partial charge in [0.1, 0.15) is 0 Å². The Morgan fingerprint density at radius 3 is 2.48 bits per heavy atom. The Morgan fingerprint density at radius 2 is 1.90 bits per heavy atom. The number of hydrogen-bond acceptors (Lipinski definition) is 3. The molecule has 0 aliphatic heterocycles. The highest BCUT2D eigenvalue weighted by Crippen LogP contribution is 2.18. The molecule has 0 saturated heterocycles. The van der Waals surface area contributed by atoms with Gasteiger partial charge < -0.3 is 0 Å². The molecule has 4 heteroatoms. The Bertz CT molecular complexity index is 628. The van der Waals surface area contributed by atoms with Crippen LogP contribution in [-0.4, -0.2) is 15.8 Å². The summed E-state index contributed by atoms with van der Waals surface area (Å²) in [6.07, 6.45) is 1.83. The Kier molecular flexibility index (Phi) is 4.80. The molecule has 0 saturated carbocycles. The van der Waals surface area contributed by atoms with Crippen molar-refractivity contribution in [1.82, 2.24) is 15.2 Å². The fourth-order valence-electron chi connectivity index (χ4n) is 2.83. The largest absolute Gasteiger partial charge is 0.272 e.